The van der Waals surface area contributed by atoms with Gasteiger partial charge >= 0.3 is 0 Å². The quantitative estimate of drug-likeness (QED) is 0.471. The van der Waals surface area contributed by atoms with E-state index in [1.54, 1.807) is 60.3 Å². The third kappa shape index (κ3) is 6.48. The van der Waals surface area contributed by atoms with Gasteiger partial charge in [-0.1, -0.05) is 6.07 Å². The largest absolute Gasteiger partial charge is 0.356 e. The lowest BCUT2D eigenvalue weighted by molar-refractivity contribution is -0.116. The molecular weight excluding hydrogens is 528 g/mol. The molecule has 0 aliphatic carbocycles. The first kappa shape index (κ1) is 28.3. The fourth-order valence-electron chi connectivity index (χ4n) is 4.52. The summed E-state index contributed by atoms with van der Waals surface area (Å²) in [4.78, 5) is 32.0. The van der Waals surface area contributed by atoms with Gasteiger partial charge in [0.2, 0.25) is 5.92 Å². The average molecular weight is 560 g/mol. The van der Waals surface area contributed by atoms with E-state index in [9.17, 15) is 22.6 Å². The summed E-state index contributed by atoms with van der Waals surface area (Å²) in [5, 5.41) is 7.03. The first-order chi connectivity index (χ1) is 18.4. The number of halogens is 2. The van der Waals surface area contributed by atoms with Gasteiger partial charge in [0.15, 0.2) is 0 Å². The predicted octanol–water partition coefficient (Wildman–Crippen LogP) is 3.61. The number of nitrogens with two attached hydrogens (primary N) is 1. The summed E-state index contributed by atoms with van der Waals surface area (Å²) in [5.74, 6) is -3.66. The van der Waals surface area contributed by atoms with Crippen LogP contribution < -0.4 is 16.0 Å². The second-order valence-corrected chi connectivity index (χ2v) is 11.8. The van der Waals surface area contributed by atoms with Gasteiger partial charge in [-0.15, -0.1) is 0 Å². The van der Waals surface area contributed by atoms with E-state index in [1.165, 1.54) is 12.3 Å². The SMILES string of the molecule is Cc1c(-c2cnn(C)c2)cnc(N2CCCC(F)(F)CC2)c1C(=O)Nc1cccc([S@@](C)(=O)=NC(=O)CN)c1. The first-order valence-corrected chi connectivity index (χ1v) is 14.3. The van der Waals surface area contributed by atoms with Gasteiger partial charge in [0.25, 0.3) is 11.8 Å². The molecule has 2 aromatic heterocycles. The van der Waals surface area contributed by atoms with E-state index < -0.39 is 27.5 Å². The van der Waals surface area contributed by atoms with Crippen LogP contribution >= 0.6 is 0 Å². The molecular formula is C26H31F2N7O3S. The highest BCUT2D eigenvalue weighted by atomic mass is 32.2. The van der Waals surface area contributed by atoms with Crippen LogP contribution in [0.1, 0.15) is 35.2 Å². The molecule has 10 nitrogen and oxygen atoms in total. The molecule has 3 heterocycles. The maximum Gasteiger partial charge on any atom is 0.267 e. The van der Waals surface area contributed by atoms with E-state index in [4.69, 9.17) is 5.73 Å². The van der Waals surface area contributed by atoms with Gasteiger partial charge in [-0.05, 0) is 37.1 Å². The Morgan fingerprint density at radius 3 is 2.69 bits per heavy atom. The van der Waals surface area contributed by atoms with Gasteiger partial charge in [-0.3, -0.25) is 14.3 Å². The van der Waals surface area contributed by atoms with Crippen LogP contribution in [0.3, 0.4) is 0 Å². The lowest BCUT2D eigenvalue weighted by Crippen LogP contribution is -2.30. The summed E-state index contributed by atoms with van der Waals surface area (Å²) in [6.45, 7) is 1.79. The molecule has 2 amide bonds. The number of aryl methyl sites for hydroxylation is 1. The van der Waals surface area contributed by atoms with E-state index >= 15 is 0 Å². The Bertz CT molecular complexity index is 1530. The summed E-state index contributed by atoms with van der Waals surface area (Å²) >= 11 is 0. The summed E-state index contributed by atoms with van der Waals surface area (Å²) in [6, 6.07) is 6.23. The van der Waals surface area contributed by atoms with Gasteiger partial charge in [0.05, 0.1) is 28.0 Å². The fourth-order valence-corrected chi connectivity index (χ4v) is 5.76. The third-order valence-corrected chi connectivity index (χ3v) is 8.24. The molecule has 208 valence electrons. The molecule has 0 bridgehead atoms. The molecule has 0 saturated carbocycles. The number of nitrogens with one attached hydrogen (secondary N) is 1. The highest BCUT2D eigenvalue weighted by Crippen LogP contribution is 2.34. The standard InChI is InChI=1S/C26H31F2N7O3S/c1-17-21(18-14-31-34(2)16-18)15-30-24(35-10-5-8-26(27,28)9-11-35)23(17)25(37)32-19-6-4-7-20(12-19)39(3,38)33-22(36)13-29/h4,6-7,12,14-16H,5,8-11,13,29H2,1-3H3,(H,32,37)/t39-/m1/s1. The van der Waals surface area contributed by atoms with Crippen molar-refractivity contribution in [2.24, 2.45) is 17.1 Å². The third-order valence-electron chi connectivity index (χ3n) is 6.56. The Hall–Kier alpha value is -3.71. The molecule has 4 rings (SSSR count). The molecule has 39 heavy (non-hydrogen) atoms. The van der Waals surface area contributed by atoms with Gasteiger partial charge in [0.1, 0.15) is 5.82 Å². The number of amides is 2. The van der Waals surface area contributed by atoms with Crippen LogP contribution in [0.2, 0.25) is 0 Å². The molecule has 3 aromatic rings. The van der Waals surface area contributed by atoms with Crippen molar-refractivity contribution in [3.05, 3.63) is 54.0 Å². The summed E-state index contributed by atoms with van der Waals surface area (Å²) in [6.07, 6.45) is 6.10. The first-order valence-electron chi connectivity index (χ1n) is 12.4. The van der Waals surface area contributed by atoms with E-state index in [1.807, 2.05) is 0 Å². The topological polar surface area (TPSA) is 136 Å². The molecule has 0 radical (unpaired) electrons. The van der Waals surface area contributed by atoms with Crippen LogP contribution in [0, 0.1) is 6.92 Å². The van der Waals surface area contributed by atoms with Crippen molar-refractivity contribution < 1.29 is 22.6 Å². The highest BCUT2D eigenvalue weighted by molar-refractivity contribution is 7.93. The van der Waals surface area contributed by atoms with Gasteiger partial charge in [-0.2, -0.15) is 9.46 Å². The lowest BCUT2D eigenvalue weighted by Gasteiger charge is -2.26. The molecule has 1 aliphatic heterocycles. The zero-order chi connectivity index (χ0) is 28.4. The van der Waals surface area contributed by atoms with Crippen molar-refractivity contribution in [3.8, 4) is 11.1 Å². The Kier molecular flexibility index (Phi) is 8.12. The number of carbonyl (C=O) groups is 2. The molecule has 0 spiro atoms. The molecule has 1 fully saturated rings. The number of benzene rings is 1. The number of hydrogen-bond acceptors (Lipinski definition) is 7. The van der Waals surface area contributed by atoms with Crippen LogP contribution in [0.4, 0.5) is 20.3 Å². The second kappa shape index (κ2) is 11.2. The average Bonchev–Trinajstić information content (AvgIpc) is 3.22. The van der Waals surface area contributed by atoms with Crippen molar-refractivity contribution >= 4 is 33.0 Å². The monoisotopic (exact) mass is 559 g/mol. The van der Waals surface area contributed by atoms with Crippen LogP contribution in [-0.2, 0) is 21.6 Å². The normalized spacial score (nSPS) is 16.7. The summed E-state index contributed by atoms with van der Waals surface area (Å²) in [5.41, 5.74) is 7.92. The zero-order valence-corrected chi connectivity index (χ0v) is 22.8. The van der Waals surface area contributed by atoms with Crippen molar-refractivity contribution in [2.75, 3.05) is 36.1 Å². The number of aromatic nitrogens is 3. The highest BCUT2D eigenvalue weighted by Gasteiger charge is 2.33. The number of rotatable bonds is 6. The minimum Gasteiger partial charge on any atom is -0.356 e. The van der Waals surface area contributed by atoms with Crippen molar-refractivity contribution in [2.45, 2.75) is 37.0 Å². The summed E-state index contributed by atoms with van der Waals surface area (Å²) < 4.78 is 46.6. The van der Waals surface area contributed by atoms with Gasteiger partial charge < -0.3 is 16.0 Å². The van der Waals surface area contributed by atoms with Crippen molar-refractivity contribution in [1.82, 2.24) is 14.8 Å². The van der Waals surface area contributed by atoms with E-state index in [0.29, 0.717) is 29.2 Å². The van der Waals surface area contributed by atoms with Crippen LogP contribution in [0.5, 0.6) is 0 Å². The number of anilines is 2. The lowest BCUT2D eigenvalue weighted by atomic mass is 9.99. The molecule has 1 aromatic carbocycles. The number of alkyl halides is 2. The molecule has 1 saturated heterocycles. The maximum atomic E-state index is 14.1. The molecule has 1 aliphatic rings. The smallest absolute Gasteiger partial charge is 0.267 e. The van der Waals surface area contributed by atoms with E-state index in [2.05, 4.69) is 19.8 Å². The van der Waals surface area contributed by atoms with E-state index in [0.717, 1.165) is 5.56 Å². The molecule has 0 unspecified atom stereocenters. The number of hydrogen-bond donors (Lipinski definition) is 2. The molecule has 3 N–H and O–H groups in total. The van der Waals surface area contributed by atoms with Gasteiger partial charge in [0, 0.05) is 73.3 Å². The predicted molar refractivity (Wildman–Crippen MR) is 145 cm³/mol. The van der Waals surface area contributed by atoms with Crippen molar-refractivity contribution in [1.29, 1.82) is 0 Å². The summed E-state index contributed by atoms with van der Waals surface area (Å²) in [7, 11) is -1.31. The Balaban J connectivity index is 1.75. The number of pyridine rings is 1. The number of carbonyl (C=O) groups excluding carboxylic acids is 2. The van der Waals surface area contributed by atoms with Crippen LogP contribution in [-0.4, -0.2) is 62.6 Å². The van der Waals surface area contributed by atoms with E-state index in [-0.39, 0.29) is 42.8 Å². The molecule has 1 atom stereocenters. The Morgan fingerprint density at radius 2 is 2.00 bits per heavy atom. The minimum atomic E-state index is -3.09. The second-order valence-electron chi connectivity index (χ2n) is 9.57. The van der Waals surface area contributed by atoms with Crippen LogP contribution in [0.15, 0.2) is 52.1 Å². The fraction of sp³-hybridized carbons (Fsp3) is 0.385. The molecule has 13 heteroatoms. The Morgan fingerprint density at radius 1 is 1.23 bits per heavy atom. The van der Waals surface area contributed by atoms with Gasteiger partial charge in [-0.25, -0.2) is 18.0 Å². The van der Waals surface area contributed by atoms with Crippen molar-refractivity contribution in [3.63, 3.8) is 0 Å². The number of nitrogens with zero attached hydrogens (tertiary/aromatic N) is 5. The maximum absolute atomic E-state index is 14.1. The minimum absolute atomic E-state index is 0.0516. The zero-order valence-electron chi connectivity index (χ0n) is 22.0. The van der Waals surface area contributed by atoms with Crippen LogP contribution in [0.25, 0.3) is 11.1 Å². The Labute approximate surface area is 225 Å².